The molecule has 15 heavy (non-hydrogen) atoms. The Balaban J connectivity index is 2.18. The molecular formula is C11H11ClN2S. The molecule has 0 atom stereocenters. The molecule has 2 aromatic rings. The standard InChI is InChI=1S/C11H11ClN2S/c1-8-4-2-3-5-9(8)6-10-13-14-11(7-12)15-10/h2-5H,6-7H2,1H3. The van der Waals surface area contributed by atoms with Crippen molar-refractivity contribution in [2.24, 2.45) is 0 Å². The Morgan fingerprint density at radius 1 is 1.20 bits per heavy atom. The van der Waals surface area contributed by atoms with E-state index >= 15 is 0 Å². The second-order valence-electron chi connectivity index (χ2n) is 3.33. The number of alkyl halides is 1. The van der Waals surface area contributed by atoms with E-state index in [0.29, 0.717) is 5.88 Å². The highest BCUT2D eigenvalue weighted by atomic mass is 35.5. The number of aromatic nitrogens is 2. The van der Waals surface area contributed by atoms with Crippen molar-refractivity contribution in [3.63, 3.8) is 0 Å². The van der Waals surface area contributed by atoms with E-state index in [1.165, 1.54) is 11.1 Å². The summed E-state index contributed by atoms with van der Waals surface area (Å²) in [4.78, 5) is 0. The van der Waals surface area contributed by atoms with Gasteiger partial charge in [-0.05, 0) is 18.1 Å². The summed E-state index contributed by atoms with van der Waals surface area (Å²) in [6, 6.07) is 8.32. The first-order valence-corrected chi connectivity index (χ1v) is 6.06. The Morgan fingerprint density at radius 3 is 2.60 bits per heavy atom. The molecule has 4 heteroatoms. The van der Waals surface area contributed by atoms with E-state index in [-0.39, 0.29) is 0 Å². The van der Waals surface area contributed by atoms with E-state index in [2.05, 4.69) is 29.3 Å². The molecule has 2 nitrogen and oxygen atoms in total. The fourth-order valence-electron chi connectivity index (χ4n) is 1.39. The third kappa shape index (κ3) is 2.55. The van der Waals surface area contributed by atoms with Crippen molar-refractivity contribution in [2.75, 3.05) is 0 Å². The molecular weight excluding hydrogens is 228 g/mol. The van der Waals surface area contributed by atoms with Gasteiger partial charge in [-0.3, -0.25) is 0 Å². The predicted octanol–water partition coefficient (Wildman–Crippen LogP) is 3.18. The maximum Gasteiger partial charge on any atom is 0.132 e. The van der Waals surface area contributed by atoms with Gasteiger partial charge in [-0.2, -0.15) is 0 Å². The Morgan fingerprint density at radius 2 is 1.93 bits per heavy atom. The van der Waals surface area contributed by atoms with Crippen LogP contribution < -0.4 is 0 Å². The van der Waals surface area contributed by atoms with Crippen molar-refractivity contribution < 1.29 is 0 Å². The molecule has 1 aromatic carbocycles. The van der Waals surface area contributed by atoms with Crippen LogP contribution in [0.4, 0.5) is 0 Å². The van der Waals surface area contributed by atoms with Crippen molar-refractivity contribution in [3.8, 4) is 0 Å². The van der Waals surface area contributed by atoms with Crippen LogP contribution in [0.15, 0.2) is 24.3 Å². The van der Waals surface area contributed by atoms with E-state index in [0.717, 1.165) is 16.4 Å². The molecule has 78 valence electrons. The van der Waals surface area contributed by atoms with Crippen LogP contribution in [0, 0.1) is 6.92 Å². The molecule has 2 rings (SSSR count). The molecule has 0 radical (unpaired) electrons. The molecule has 0 bridgehead atoms. The van der Waals surface area contributed by atoms with Crippen LogP contribution >= 0.6 is 22.9 Å². The molecule has 0 saturated heterocycles. The summed E-state index contributed by atoms with van der Waals surface area (Å²) in [5.74, 6) is 0.450. The highest BCUT2D eigenvalue weighted by Gasteiger charge is 2.05. The van der Waals surface area contributed by atoms with Gasteiger partial charge in [-0.25, -0.2) is 0 Å². The number of aryl methyl sites for hydroxylation is 1. The fourth-order valence-corrected chi connectivity index (χ4v) is 2.32. The fraction of sp³-hybridized carbons (Fsp3) is 0.273. The summed E-state index contributed by atoms with van der Waals surface area (Å²) in [5, 5.41) is 10.0. The second-order valence-corrected chi connectivity index (χ2v) is 4.74. The number of hydrogen-bond acceptors (Lipinski definition) is 3. The molecule has 0 spiro atoms. The molecule has 0 fully saturated rings. The van der Waals surface area contributed by atoms with Crippen molar-refractivity contribution in [1.82, 2.24) is 10.2 Å². The van der Waals surface area contributed by atoms with Gasteiger partial charge < -0.3 is 0 Å². The largest absolute Gasteiger partial charge is 0.143 e. The number of nitrogens with zero attached hydrogens (tertiary/aromatic N) is 2. The second kappa shape index (κ2) is 4.73. The van der Waals surface area contributed by atoms with Crippen LogP contribution in [0.25, 0.3) is 0 Å². The van der Waals surface area contributed by atoms with Crippen molar-refractivity contribution >= 4 is 22.9 Å². The Bertz CT molecular complexity index is 453. The lowest BCUT2D eigenvalue weighted by Gasteiger charge is -2.01. The summed E-state index contributed by atoms with van der Waals surface area (Å²) < 4.78 is 0. The molecule has 0 aliphatic carbocycles. The van der Waals surface area contributed by atoms with E-state index in [1.54, 1.807) is 11.3 Å². The maximum atomic E-state index is 5.68. The number of halogens is 1. The molecule has 1 aromatic heterocycles. The van der Waals surface area contributed by atoms with E-state index in [9.17, 15) is 0 Å². The van der Waals surface area contributed by atoms with Gasteiger partial charge >= 0.3 is 0 Å². The molecule has 0 saturated carbocycles. The normalized spacial score (nSPS) is 10.5. The van der Waals surface area contributed by atoms with Crippen molar-refractivity contribution in [2.45, 2.75) is 19.2 Å². The smallest absolute Gasteiger partial charge is 0.132 e. The van der Waals surface area contributed by atoms with Crippen LogP contribution in [0.1, 0.15) is 21.1 Å². The van der Waals surface area contributed by atoms with Gasteiger partial charge in [0.05, 0.1) is 5.88 Å². The number of benzene rings is 1. The van der Waals surface area contributed by atoms with Crippen LogP contribution in [-0.4, -0.2) is 10.2 Å². The van der Waals surface area contributed by atoms with Crippen molar-refractivity contribution in [3.05, 3.63) is 45.4 Å². The SMILES string of the molecule is Cc1ccccc1Cc1nnc(CCl)s1. The van der Waals surface area contributed by atoms with Crippen LogP contribution in [-0.2, 0) is 12.3 Å². The molecule has 0 N–H and O–H groups in total. The lowest BCUT2D eigenvalue weighted by atomic mass is 10.1. The van der Waals surface area contributed by atoms with Gasteiger partial charge in [0.2, 0.25) is 0 Å². The third-order valence-corrected chi connectivity index (χ3v) is 3.56. The van der Waals surface area contributed by atoms with Gasteiger partial charge in [0.1, 0.15) is 10.0 Å². The summed E-state index contributed by atoms with van der Waals surface area (Å²) in [6.45, 7) is 2.11. The first-order chi connectivity index (χ1) is 7.29. The molecule has 0 amide bonds. The van der Waals surface area contributed by atoms with E-state index in [1.807, 2.05) is 12.1 Å². The van der Waals surface area contributed by atoms with Gasteiger partial charge in [0.25, 0.3) is 0 Å². The minimum atomic E-state index is 0.450. The highest BCUT2D eigenvalue weighted by Crippen LogP contribution is 2.17. The third-order valence-electron chi connectivity index (χ3n) is 2.23. The predicted molar refractivity (Wildman–Crippen MR) is 63.5 cm³/mol. The topological polar surface area (TPSA) is 25.8 Å². The first-order valence-electron chi connectivity index (χ1n) is 4.71. The summed E-state index contributed by atoms with van der Waals surface area (Å²) >= 11 is 7.26. The summed E-state index contributed by atoms with van der Waals surface area (Å²) in [7, 11) is 0. The first kappa shape index (κ1) is 10.6. The highest BCUT2D eigenvalue weighted by molar-refractivity contribution is 7.11. The van der Waals surface area contributed by atoms with Gasteiger partial charge in [0.15, 0.2) is 0 Å². The Labute approximate surface area is 97.9 Å². The average Bonchev–Trinajstić information content (AvgIpc) is 2.69. The van der Waals surface area contributed by atoms with Crippen LogP contribution in [0.3, 0.4) is 0 Å². The average molecular weight is 239 g/mol. The number of rotatable bonds is 3. The molecule has 1 heterocycles. The van der Waals surface area contributed by atoms with Gasteiger partial charge in [-0.15, -0.1) is 21.8 Å². The van der Waals surface area contributed by atoms with Gasteiger partial charge in [0, 0.05) is 6.42 Å². The number of hydrogen-bond donors (Lipinski definition) is 0. The van der Waals surface area contributed by atoms with Crippen molar-refractivity contribution in [1.29, 1.82) is 0 Å². The minimum absolute atomic E-state index is 0.450. The van der Waals surface area contributed by atoms with Gasteiger partial charge in [-0.1, -0.05) is 35.6 Å². The minimum Gasteiger partial charge on any atom is -0.143 e. The van der Waals surface area contributed by atoms with E-state index < -0.39 is 0 Å². The lowest BCUT2D eigenvalue weighted by Crippen LogP contribution is -1.90. The molecule has 0 aliphatic heterocycles. The summed E-state index contributed by atoms with van der Waals surface area (Å²) in [6.07, 6.45) is 0.848. The zero-order chi connectivity index (χ0) is 10.7. The Hall–Kier alpha value is -0.930. The quantitative estimate of drug-likeness (QED) is 0.768. The zero-order valence-corrected chi connectivity index (χ0v) is 9.98. The maximum absolute atomic E-state index is 5.68. The monoisotopic (exact) mass is 238 g/mol. The van der Waals surface area contributed by atoms with Crippen LogP contribution in [0.2, 0.25) is 0 Å². The Kier molecular flexibility index (Phi) is 3.34. The molecule has 0 unspecified atom stereocenters. The van der Waals surface area contributed by atoms with E-state index in [4.69, 9.17) is 11.6 Å². The van der Waals surface area contributed by atoms with Crippen LogP contribution in [0.5, 0.6) is 0 Å². The lowest BCUT2D eigenvalue weighted by molar-refractivity contribution is 0.972. The zero-order valence-electron chi connectivity index (χ0n) is 8.40. The summed E-state index contributed by atoms with van der Waals surface area (Å²) in [5.41, 5.74) is 2.59. The molecule has 0 aliphatic rings.